The van der Waals surface area contributed by atoms with E-state index in [4.69, 9.17) is 5.73 Å². The number of halogens is 3. The number of anilines is 1. The van der Waals surface area contributed by atoms with E-state index in [-0.39, 0.29) is 10.6 Å². The van der Waals surface area contributed by atoms with Crippen LogP contribution < -0.4 is 11.1 Å². The molecular weight excluding hydrogens is 261 g/mol. The monoisotopic (exact) mass is 276 g/mol. The average Bonchev–Trinajstić information content (AvgIpc) is 2.24. The van der Waals surface area contributed by atoms with Gasteiger partial charge in [0.2, 0.25) is 0 Å². The van der Waals surface area contributed by atoms with Crippen LogP contribution >= 0.6 is 12.2 Å². The molecule has 100 valence electrons. The summed E-state index contributed by atoms with van der Waals surface area (Å²) in [5.41, 5.74) is 4.97. The number of hydrogen-bond donors (Lipinski definition) is 2. The first kappa shape index (κ1) is 14.8. The highest BCUT2D eigenvalue weighted by molar-refractivity contribution is 7.80. The molecule has 1 aromatic rings. The van der Waals surface area contributed by atoms with E-state index in [1.165, 1.54) is 12.1 Å². The summed E-state index contributed by atoms with van der Waals surface area (Å²) in [6.45, 7) is 4.68. The Kier molecular flexibility index (Phi) is 4.56. The standard InChI is InChI=1S/C12H15F3N2S/c1-7(2)6-17-8-3-4-10(12(13,14)15)9(5-8)11(16)18/h3-5,7,17H,6H2,1-2H3,(H2,16,18). The van der Waals surface area contributed by atoms with Crippen molar-refractivity contribution in [2.45, 2.75) is 20.0 Å². The van der Waals surface area contributed by atoms with Gasteiger partial charge in [0.1, 0.15) is 4.99 Å². The maximum Gasteiger partial charge on any atom is 0.417 e. The summed E-state index contributed by atoms with van der Waals surface area (Å²) < 4.78 is 38.2. The van der Waals surface area contributed by atoms with Crippen LogP contribution in [0, 0.1) is 5.92 Å². The number of benzene rings is 1. The van der Waals surface area contributed by atoms with Crippen LogP contribution in [-0.2, 0) is 6.18 Å². The largest absolute Gasteiger partial charge is 0.417 e. The maximum absolute atomic E-state index is 12.7. The SMILES string of the molecule is CC(C)CNc1ccc(C(F)(F)F)c(C(N)=S)c1. The summed E-state index contributed by atoms with van der Waals surface area (Å²) in [4.78, 5) is -0.254. The number of nitrogens with one attached hydrogen (secondary N) is 1. The van der Waals surface area contributed by atoms with E-state index in [0.29, 0.717) is 18.2 Å². The van der Waals surface area contributed by atoms with Crippen LogP contribution in [0.25, 0.3) is 0 Å². The van der Waals surface area contributed by atoms with Gasteiger partial charge in [-0.3, -0.25) is 0 Å². The summed E-state index contributed by atoms with van der Waals surface area (Å²) in [6, 6.07) is 3.72. The van der Waals surface area contributed by atoms with Gasteiger partial charge in [-0.2, -0.15) is 13.2 Å². The molecule has 18 heavy (non-hydrogen) atoms. The van der Waals surface area contributed by atoms with Crippen molar-refractivity contribution in [3.8, 4) is 0 Å². The lowest BCUT2D eigenvalue weighted by atomic mass is 10.1. The van der Waals surface area contributed by atoms with Gasteiger partial charge in [0.05, 0.1) is 5.56 Å². The molecule has 1 aromatic carbocycles. The summed E-state index contributed by atoms with van der Waals surface area (Å²) in [5, 5.41) is 3.04. The Morgan fingerprint density at radius 1 is 1.39 bits per heavy atom. The highest BCUT2D eigenvalue weighted by atomic mass is 32.1. The molecule has 0 spiro atoms. The third kappa shape index (κ3) is 3.87. The number of nitrogens with two attached hydrogens (primary N) is 1. The van der Waals surface area contributed by atoms with Crippen LogP contribution in [-0.4, -0.2) is 11.5 Å². The second-order valence-corrected chi connectivity index (χ2v) is 4.84. The molecule has 0 aliphatic heterocycles. The van der Waals surface area contributed by atoms with Crippen molar-refractivity contribution < 1.29 is 13.2 Å². The van der Waals surface area contributed by atoms with Crippen LogP contribution in [0.4, 0.5) is 18.9 Å². The van der Waals surface area contributed by atoms with Crippen LogP contribution in [0.5, 0.6) is 0 Å². The van der Waals surface area contributed by atoms with Crippen LogP contribution in [0.1, 0.15) is 25.0 Å². The predicted octanol–water partition coefficient (Wildman–Crippen LogP) is 3.41. The Balaban J connectivity index is 3.08. The van der Waals surface area contributed by atoms with Gasteiger partial charge in [0, 0.05) is 17.8 Å². The Bertz CT molecular complexity index is 441. The second-order valence-electron chi connectivity index (χ2n) is 4.40. The average molecular weight is 276 g/mol. The highest BCUT2D eigenvalue weighted by Gasteiger charge is 2.33. The van der Waals surface area contributed by atoms with E-state index in [9.17, 15) is 13.2 Å². The Hall–Kier alpha value is -1.30. The number of rotatable bonds is 4. The molecule has 2 nitrogen and oxygen atoms in total. The molecule has 1 rings (SSSR count). The van der Waals surface area contributed by atoms with Crippen LogP contribution in [0.2, 0.25) is 0 Å². The third-order valence-corrected chi connectivity index (χ3v) is 2.52. The fourth-order valence-electron chi connectivity index (χ4n) is 1.43. The Labute approximate surface area is 109 Å². The lowest BCUT2D eigenvalue weighted by Gasteiger charge is -2.15. The molecule has 0 heterocycles. The van der Waals surface area contributed by atoms with Crippen molar-refractivity contribution in [1.29, 1.82) is 0 Å². The fraction of sp³-hybridized carbons (Fsp3) is 0.417. The van der Waals surface area contributed by atoms with E-state index in [1.807, 2.05) is 13.8 Å². The minimum Gasteiger partial charge on any atom is -0.389 e. The van der Waals surface area contributed by atoms with E-state index >= 15 is 0 Å². The van der Waals surface area contributed by atoms with Gasteiger partial charge in [-0.1, -0.05) is 26.1 Å². The molecule has 6 heteroatoms. The zero-order valence-electron chi connectivity index (χ0n) is 10.1. The quantitative estimate of drug-likeness (QED) is 0.828. The van der Waals surface area contributed by atoms with Crippen molar-refractivity contribution in [2.75, 3.05) is 11.9 Å². The van der Waals surface area contributed by atoms with E-state index in [2.05, 4.69) is 17.5 Å². The van der Waals surface area contributed by atoms with Crippen molar-refractivity contribution in [3.05, 3.63) is 29.3 Å². The number of alkyl halides is 3. The van der Waals surface area contributed by atoms with Crippen molar-refractivity contribution in [3.63, 3.8) is 0 Å². The summed E-state index contributed by atoms with van der Waals surface area (Å²) in [7, 11) is 0. The van der Waals surface area contributed by atoms with Crippen molar-refractivity contribution >= 4 is 22.9 Å². The summed E-state index contributed by atoms with van der Waals surface area (Å²) in [6.07, 6.45) is -4.45. The number of hydrogen-bond acceptors (Lipinski definition) is 2. The Morgan fingerprint density at radius 3 is 2.44 bits per heavy atom. The molecule has 0 fully saturated rings. The third-order valence-electron chi connectivity index (χ3n) is 2.30. The lowest BCUT2D eigenvalue weighted by molar-refractivity contribution is -0.137. The van der Waals surface area contributed by atoms with Gasteiger partial charge in [-0.05, 0) is 24.1 Å². The smallest absolute Gasteiger partial charge is 0.389 e. The normalized spacial score (nSPS) is 11.7. The molecule has 0 saturated heterocycles. The first-order valence-corrected chi connectivity index (χ1v) is 5.87. The zero-order chi connectivity index (χ0) is 13.9. The first-order chi connectivity index (χ1) is 8.21. The molecule has 0 saturated carbocycles. The van der Waals surface area contributed by atoms with E-state index in [0.717, 1.165) is 6.07 Å². The van der Waals surface area contributed by atoms with Crippen LogP contribution in [0.3, 0.4) is 0 Å². The van der Waals surface area contributed by atoms with Gasteiger partial charge in [-0.25, -0.2) is 0 Å². The number of thiocarbonyl (C=S) groups is 1. The van der Waals surface area contributed by atoms with Crippen LogP contribution in [0.15, 0.2) is 18.2 Å². The minimum absolute atomic E-state index is 0.147. The Morgan fingerprint density at radius 2 is 2.00 bits per heavy atom. The second kappa shape index (κ2) is 5.56. The highest BCUT2D eigenvalue weighted by Crippen LogP contribution is 2.33. The van der Waals surface area contributed by atoms with Gasteiger partial charge in [0.25, 0.3) is 0 Å². The van der Waals surface area contributed by atoms with Gasteiger partial charge in [0.15, 0.2) is 0 Å². The van der Waals surface area contributed by atoms with Crippen molar-refractivity contribution in [2.24, 2.45) is 11.7 Å². The molecule has 0 aliphatic carbocycles. The first-order valence-electron chi connectivity index (χ1n) is 5.46. The van der Waals surface area contributed by atoms with Crippen molar-refractivity contribution in [1.82, 2.24) is 0 Å². The minimum atomic E-state index is -4.45. The molecule has 0 atom stereocenters. The van der Waals surface area contributed by atoms with Gasteiger partial charge >= 0.3 is 6.18 Å². The molecule has 0 aromatic heterocycles. The topological polar surface area (TPSA) is 38.0 Å². The molecule has 3 N–H and O–H groups in total. The zero-order valence-corrected chi connectivity index (χ0v) is 11.0. The fourth-order valence-corrected chi connectivity index (χ4v) is 1.60. The maximum atomic E-state index is 12.7. The van der Waals surface area contributed by atoms with Gasteiger partial charge < -0.3 is 11.1 Å². The molecule has 0 radical (unpaired) electrons. The molecule has 0 bridgehead atoms. The lowest BCUT2D eigenvalue weighted by Crippen LogP contribution is -2.18. The molecule has 0 unspecified atom stereocenters. The molecule has 0 aliphatic rings. The molecule has 0 amide bonds. The summed E-state index contributed by atoms with van der Waals surface area (Å²) >= 11 is 4.66. The van der Waals surface area contributed by atoms with E-state index in [1.54, 1.807) is 0 Å². The van der Waals surface area contributed by atoms with Gasteiger partial charge in [-0.15, -0.1) is 0 Å². The molecular formula is C12H15F3N2S. The van der Waals surface area contributed by atoms with E-state index < -0.39 is 11.7 Å². The predicted molar refractivity (Wildman–Crippen MR) is 70.7 cm³/mol. The summed E-state index contributed by atoms with van der Waals surface area (Å²) in [5.74, 6) is 0.389.